The largest absolute Gasteiger partial charge is 0.365 e. The van der Waals surface area contributed by atoms with Crippen LogP contribution in [0.1, 0.15) is 52.4 Å². The van der Waals surface area contributed by atoms with E-state index in [-0.39, 0.29) is 5.78 Å². The first-order valence-corrected chi connectivity index (χ1v) is 6.17. The Labute approximate surface area is 97.5 Å². The first kappa shape index (κ1) is 13.4. The third kappa shape index (κ3) is 3.72. The quantitative estimate of drug-likeness (QED) is 0.708. The molecule has 0 radical (unpaired) electrons. The molecule has 0 aromatic heterocycles. The van der Waals surface area contributed by atoms with E-state index in [0.29, 0.717) is 6.42 Å². The topological polar surface area (TPSA) is 46.5 Å². The molecule has 1 heterocycles. The van der Waals surface area contributed by atoms with Gasteiger partial charge in [0.2, 0.25) is 0 Å². The van der Waals surface area contributed by atoms with E-state index in [1.807, 2.05) is 0 Å². The average molecular weight is 226 g/mol. The van der Waals surface area contributed by atoms with E-state index < -0.39 is 11.9 Å². The van der Waals surface area contributed by atoms with Crippen molar-refractivity contribution in [3.05, 3.63) is 12.2 Å². The van der Waals surface area contributed by atoms with Crippen LogP contribution in [0.3, 0.4) is 0 Å². The molecule has 0 saturated carbocycles. The van der Waals surface area contributed by atoms with Crippen molar-refractivity contribution in [3.8, 4) is 0 Å². The molecule has 0 spiro atoms. The fraction of sp³-hybridized carbons (Fsp3) is 0.769. The third-order valence-corrected chi connectivity index (χ3v) is 3.07. The highest BCUT2D eigenvalue weighted by Crippen LogP contribution is 2.26. The smallest absolute Gasteiger partial charge is 0.187 e. The van der Waals surface area contributed by atoms with Crippen LogP contribution in [-0.4, -0.2) is 22.8 Å². The monoisotopic (exact) mass is 226 g/mol. The maximum absolute atomic E-state index is 11.7. The minimum Gasteiger partial charge on any atom is -0.365 e. The third-order valence-electron chi connectivity index (χ3n) is 3.07. The molecule has 1 aliphatic heterocycles. The highest BCUT2D eigenvalue weighted by molar-refractivity contribution is 5.97. The summed E-state index contributed by atoms with van der Waals surface area (Å²) in [6.45, 7) is 3.94. The summed E-state index contributed by atoms with van der Waals surface area (Å²) in [5, 5.41) is 9.34. The molecule has 0 fully saturated rings. The van der Waals surface area contributed by atoms with Gasteiger partial charge in [-0.05, 0) is 25.5 Å². The first-order valence-electron chi connectivity index (χ1n) is 6.17. The van der Waals surface area contributed by atoms with Crippen molar-refractivity contribution in [1.82, 2.24) is 0 Å². The highest BCUT2D eigenvalue weighted by atomic mass is 16.6. The van der Waals surface area contributed by atoms with Crippen molar-refractivity contribution in [2.75, 3.05) is 0 Å². The van der Waals surface area contributed by atoms with Crippen LogP contribution < -0.4 is 0 Å². The molecule has 3 nitrogen and oxygen atoms in total. The summed E-state index contributed by atoms with van der Waals surface area (Å²) in [4.78, 5) is 11.7. The Hall–Kier alpha value is -0.670. The van der Waals surface area contributed by atoms with E-state index in [0.717, 1.165) is 12.8 Å². The molecular weight excluding hydrogens is 204 g/mol. The summed E-state index contributed by atoms with van der Waals surface area (Å²) >= 11 is 0. The molecule has 1 rings (SSSR count). The zero-order valence-electron chi connectivity index (χ0n) is 10.2. The standard InChI is InChI=1S/C13H22O3/c1-3-4-5-6-7-10-13(2)11(14)8-9-12(15)16-13/h8-9,12,15H,3-7,10H2,1-2H3/t12-,13+/m0/s1. The number of ketones is 1. The van der Waals surface area contributed by atoms with Gasteiger partial charge in [-0.1, -0.05) is 39.0 Å². The zero-order chi connectivity index (χ0) is 12.0. The number of ether oxygens (including phenoxy) is 1. The van der Waals surface area contributed by atoms with E-state index in [9.17, 15) is 9.90 Å². The lowest BCUT2D eigenvalue weighted by molar-refractivity contribution is -0.176. The molecule has 1 N–H and O–H groups in total. The lowest BCUT2D eigenvalue weighted by Crippen LogP contribution is -2.43. The van der Waals surface area contributed by atoms with Gasteiger partial charge in [0.25, 0.3) is 0 Å². The number of hydrogen-bond donors (Lipinski definition) is 1. The number of aliphatic hydroxyl groups excluding tert-OH is 1. The van der Waals surface area contributed by atoms with Gasteiger partial charge in [0.1, 0.15) is 5.60 Å². The summed E-state index contributed by atoms with van der Waals surface area (Å²) in [6.07, 6.45) is 8.35. The van der Waals surface area contributed by atoms with Crippen molar-refractivity contribution >= 4 is 5.78 Å². The predicted octanol–water partition coefficient (Wildman–Crippen LogP) is 2.58. The Morgan fingerprint density at radius 2 is 2.06 bits per heavy atom. The second-order valence-electron chi connectivity index (χ2n) is 4.63. The van der Waals surface area contributed by atoms with E-state index in [1.165, 1.54) is 31.4 Å². The summed E-state index contributed by atoms with van der Waals surface area (Å²) in [5.41, 5.74) is -0.819. The van der Waals surface area contributed by atoms with Gasteiger partial charge in [0.15, 0.2) is 12.1 Å². The SMILES string of the molecule is CCCCCCC[C@@]1(C)O[C@H](O)C=CC1=O. The Kier molecular flexibility index (Phi) is 5.16. The van der Waals surface area contributed by atoms with Gasteiger partial charge in [-0.15, -0.1) is 0 Å². The van der Waals surface area contributed by atoms with E-state index in [1.54, 1.807) is 6.92 Å². The fourth-order valence-corrected chi connectivity index (χ4v) is 1.96. The van der Waals surface area contributed by atoms with Gasteiger partial charge >= 0.3 is 0 Å². The van der Waals surface area contributed by atoms with Crippen LogP contribution in [0.4, 0.5) is 0 Å². The van der Waals surface area contributed by atoms with Crippen LogP contribution >= 0.6 is 0 Å². The van der Waals surface area contributed by atoms with Crippen molar-refractivity contribution in [2.24, 2.45) is 0 Å². The zero-order valence-corrected chi connectivity index (χ0v) is 10.2. The molecule has 3 heteroatoms. The Morgan fingerprint density at radius 1 is 1.38 bits per heavy atom. The number of carbonyl (C=O) groups is 1. The second kappa shape index (κ2) is 6.16. The average Bonchev–Trinajstić information content (AvgIpc) is 2.24. The highest BCUT2D eigenvalue weighted by Gasteiger charge is 2.36. The summed E-state index contributed by atoms with van der Waals surface area (Å²) < 4.78 is 5.31. The Bertz CT molecular complexity index is 260. The van der Waals surface area contributed by atoms with Crippen LogP contribution in [-0.2, 0) is 9.53 Å². The van der Waals surface area contributed by atoms with Crippen LogP contribution in [0, 0.1) is 0 Å². The lowest BCUT2D eigenvalue weighted by atomic mass is 9.91. The maximum atomic E-state index is 11.7. The second-order valence-corrected chi connectivity index (χ2v) is 4.63. The van der Waals surface area contributed by atoms with Crippen molar-refractivity contribution in [1.29, 1.82) is 0 Å². The fourth-order valence-electron chi connectivity index (χ4n) is 1.96. The van der Waals surface area contributed by atoms with Crippen molar-refractivity contribution in [2.45, 2.75) is 64.3 Å². The van der Waals surface area contributed by atoms with Crippen LogP contribution in [0.2, 0.25) is 0 Å². The molecule has 0 aliphatic carbocycles. The van der Waals surface area contributed by atoms with E-state index >= 15 is 0 Å². The van der Waals surface area contributed by atoms with Crippen molar-refractivity contribution in [3.63, 3.8) is 0 Å². The number of hydrogen-bond acceptors (Lipinski definition) is 3. The van der Waals surface area contributed by atoms with Crippen LogP contribution in [0.25, 0.3) is 0 Å². The van der Waals surface area contributed by atoms with Gasteiger partial charge in [-0.2, -0.15) is 0 Å². The van der Waals surface area contributed by atoms with Crippen molar-refractivity contribution < 1.29 is 14.6 Å². The molecule has 0 amide bonds. The molecule has 16 heavy (non-hydrogen) atoms. The minimum absolute atomic E-state index is 0.0340. The molecule has 0 aromatic rings. The predicted molar refractivity (Wildman–Crippen MR) is 63.0 cm³/mol. The van der Waals surface area contributed by atoms with Gasteiger partial charge < -0.3 is 9.84 Å². The van der Waals surface area contributed by atoms with Crippen LogP contribution in [0.5, 0.6) is 0 Å². The lowest BCUT2D eigenvalue weighted by Gasteiger charge is -2.31. The molecular formula is C13H22O3. The Morgan fingerprint density at radius 3 is 2.75 bits per heavy atom. The molecule has 0 bridgehead atoms. The first-order chi connectivity index (χ1) is 7.58. The van der Waals surface area contributed by atoms with Gasteiger partial charge in [-0.3, -0.25) is 4.79 Å². The summed E-state index contributed by atoms with van der Waals surface area (Å²) in [7, 11) is 0. The minimum atomic E-state index is -0.932. The van der Waals surface area contributed by atoms with Gasteiger partial charge in [-0.25, -0.2) is 0 Å². The molecule has 0 saturated heterocycles. The molecule has 92 valence electrons. The summed E-state index contributed by atoms with van der Waals surface area (Å²) in [5.74, 6) is -0.0340. The number of carbonyl (C=O) groups excluding carboxylic acids is 1. The molecule has 2 atom stereocenters. The van der Waals surface area contributed by atoms with Gasteiger partial charge in [0, 0.05) is 0 Å². The number of aliphatic hydroxyl groups is 1. The van der Waals surface area contributed by atoms with E-state index in [4.69, 9.17) is 4.74 Å². The molecule has 0 unspecified atom stereocenters. The maximum Gasteiger partial charge on any atom is 0.187 e. The van der Waals surface area contributed by atoms with E-state index in [2.05, 4.69) is 6.92 Å². The normalized spacial score (nSPS) is 29.7. The Balaban J connectivity index is 2.34. The molecule has 1 aliphatic rings. The summed E-state index contributed by atoms with van der Waals surface area (Å²) in [6, 6.07) is 0. The number of rotatable bonds is 6. The number of unbranched alkanes of at least 4 members (excludes halogenated alkanes) is 4. The van der Waals surface area contributed by atoms with Gasteiger partial charge in [0.05, 0.1) is 0 Å². The van der Waals surface area contributed by atoms with Crippen LogP contribution in [0.15, 0.2) is 12.2 Å². The molecule has 0 aromatic carbocycles.